The molecule has 0 radical (unpaired) electrons. The van der Waals surface area contributed by atoms with Crippen molar-refractivity contribution in [3.63, 3.8) is 0 Å². The molecule has 5 nitrogen and oxygen atoms in total. The van der Waals surface area contributed by atoms with Gasteiger partial charge in [0, 0.05) is 30.2 Å². The lowest BCUT2D eigenvalue weighted by molar-refractivity contribution is -0.133. The predicted octanol–water partition coefficient (Wildman–Crippen LogP) is 4.91. The number of hydrogen-bond acceptors (Lipinski definition) is 5. The van der Waals surface area contributed by atoms with Gasteiger partial charge in [0.1, 0.15) is 6.04 Å². The highest BCUT2D eigenvalue weighted by molar-refractivity contribution is 7.97. The maximum Gasteiger partial charge on any atom is 0.242 e. The number of piperidine rings is 1. The van der Waals surface area contributed by atoms with Crippen LogP contribution in [0.4, 0.5) is 11.4 Å². The number of amides is 1. The molecule has 3 rings (SSSR count). The van der Waals surface area contributed by atoms with Gasteiger partial charge in [0.05, 0.1) is 15.7 Å². The van der Waals surface area contributed by atoms with Gasteiger partial charge in [-0.2, -0.15) is 0 Å². The molecule has 1 heterocycles. The molecule has 1 unspecified atom stereocenters. The van der Waals surface area contributed by atoms with Crippen LogP contribution in [0, 0.1) is 5.92 Å². The van der Waals surface area contributed by atoms with Crippen LogP contribution >= 0.6 is 35.1 Å². The van der Waals surface area contributed by atoms with Crippen molar-refractivity contribution in [2.75, 3.05) is 30.7 Å². The molecule has 1 saturated heterocycles. The summed E-state index contributed by atoms with van der Waals surface area (Å²) in [5, 5.41) is 4.15. The van der Waals surface area contributed by atoms with Gasteiger partial charge in [-0.05, 0) is 55.0 Å². The molecule has 1 aliphatic rings. The third-order valence-corrected chi connectivity index (χ3v) is 6.55. The maximum atomic E-state index is 13.2. The first-order valence-electron chi connectivity index (χ1n) is 9.68. The number of hydrogen-bond donors (Lipinski definition) is 3. The van der Waals surface area contributed by atoms with Crippen molar-refractivity contribution in [3.8, 4) is 0 Å². The number of benzene rings is 2. The summed E-state index contributed by atoms with van der Waals surface area (Å²) in [6, 6.07) is 12.9. The fraction of sp³-hybridized carbons (Fsp3) is 0.381. The molecule has 0 aliphatic carbocycles. The van der Waals surface area contributed by atoms with Gasteiger partial charge in [0.25, 0.3) is 0 Å². The summed E-state index contributed by atoms with van der Waals surface area (Å²) in [7, 11) is 0. The second-order valence-electron chi connectivity index (χ2n) is 7.33. The molecule has 0 bridgehead atoms. The van der Waals surface area contributed by atoms with E-state index in [1.54, 1.807) is 12.1 Å². The molecule has 4 N–H and O–H groups in total. The van der Waals surface area contributed by atoms with E-state index >= 15 is 0 Å². The number of rotatable bonds is 7. The van der Waals surface area contributed by atoms with Crippen molar-refractivity contribution in [2.45, 2.75) is 30.7 Å². The van der Waals surface area contributed by atoms with E-state index < -0.39 is 6.04 Å². The summed E-state index contributed by atoms with van der Waals surface area (Å²) < 4.78 is 3.29. The van der Waals surface area contributed by atoms with E-state index in [-0.39, 0.29) is 5.91 Å². The Labute approximate surface area is 186 Å². The molecule has 2 aromatic rings. The van der Waals surface area contributed by atoms with Crippen LogP contribution < -0.4 is 15.8 Å². The Balaban J connectivity index is 1.68. The van der Waals surface area contributed by atoms with Gasteiger partial charge in [-0.1, -0.05) is 48.3 Å². The number of anilines is 2. The molecule has 0 aromatic heterocycles. The highest BCUT2D eigenvalue weighted by atomic mass is 35.5. The first-order valence-corrected chi connectivity index (χ1v) is 11.3. The highest BCUT2D eigenvalue weighted by Gasteiger charge is 2.27. The Morgan fingerprint density at radius 2 is 1.83 bits per heavy atom. The molecule has 0 spiro atoms. The topological polar surface area (TPSA) is 70.4 Å². The third kappa shape index (κ3) is 6.19. The molecule has 156 valence electrons. The van der Waals surface area contributed by atoms with Crippen molar-refractivity contribution in [1.29, 1.82) is 0 Å². The van der Waals surface area contributed by atoms with Crippen LogP contribution in [-0.4, -0.2) is 36.5 Å². The lowest BCUT2D eigenvalue weighted by Gasteiger charge is -2.33. The van der Waals surface area contributed by atoms with E-state index in [2.05, 4.69) is 17.0 Å². The average Bonchev–Trinajstić information content (AvgIpc) is 2.73. The Morgan fingerprint density at radius 1 is 1.21 bits per heavy atom. The first-order chi connectivity index (χ1) is 13.9. The lowest BCUT2D eigenvalue weighted by atomic mass is 9.99. The quantitative estimate of drug-likeness (QED) is 0.411. The standard InChI is InChI=1S/C21H26Cl2N4OS/c1-14-7-9-27(10-8-14)21(28)19(13-25-15-5-3-2-4-6-15)26-29-16-11-17(22)20(24)18(23)12-16/h2-6,11-12,14,19,25-26H,7-10,13,24H2,1H3. The number of likely N-dealkylation sites (tertiary alicyclic amines) is 1. The monoisotopic (exact) mass is 452 g/mol. The molecular weight excluding hydrogens is 427 g/mol. The van der Waals surface area contributed by atoms with Gasteiger partial charge in [-0.25, -0.2) is 4.72 Å². The van der Waals surface area contributed by atoms with Crippen LogP contribution in [0.5, 0.6) is 0 Å². The van der Waals surface area contributed by atoms with Crippen molar-refractivity contribution < 1.29 is 4.79 Å². The van der Waals surface area contributed by atoms with E-state index in [1.807, 2.05) is 35.2 Å². The van der Waals surface area contributed by atoms with Crippen LogP contribution in [0.1, 0.15) is 19.8 Å². The average molecular weight is 453 g/mol. The summed E-state index contributed by atoms with van der Waals surface area (Å²) in [5.74, 6) is 0.766. The number of halogens is 2. The van der Waals surface area contributed by atoms with Gasteiger partial charge < -0.3 is 16.0 Å². The Morgan fingerprint density at radius 3 is 2.45 bits per heavy atom. The molecule has 1 amide bonds. The van der Waals surface area contributed by atoms with Crippen molar-refractivity contribution in [2.24, 2.45) is 5.92 Å². The van der Waals surface area contributed by atoms with Crippen LogP contribution in [0.25, 0.3) is 0 Å². The van der Waals surface area contributed by atoms with Crippen LogP contribution in [0.3, 0.4) is 0 Å². The second kappa shape index (κ2) is 10.4. The van der Waals surface area contributed by atoms with E-state index in [0.29, 0.717) is 28.2 Å². The molecule has 29 heavy (non-hydrogen) atoms. The normalized spacial score (nSPS) is 15.9. The number of nitrogens with zero attached hydrogens (tertiary/aromatic N) is 1. The fourth-order valence-corrected chi connectivity index (χ4v) is 4.60. The minimum absolute atomic E-state index is 0.0977. The molecule has 0 saturated carbocycles. The van der Waals surface area contributed by atoms with Crippen molar-refractivity contribution in [1.82, 2.24) is 9.62 Å². The zero-order valence-electron chi connectivity index (χ0n) is 16.3. The van der Waals surface area contributed by atoms with Gasteiger partial charge in [0.2, 0.25) is 5.91 Å². The number of carbonyl (C=O) groups excluding carboxylic acids is 1. The number of carbonyl (C=O) groups is 1. The van der Waals surface area contributed by atoms with Crippen LogP contribution in [-0.2, 0) is 4.79 Å². The van der Waals surface area contributed by atoms with E-state index in [9.17, 15) is 4.79 Å². The third-order valence-electron chi connectivity index (χ3n) is 5.05. The zero-order valence-corrected chi connectivity index (χ0v) is 18.7. The molecule has 1 aliphatic heterocycles. The van der Waals surface area contributed by atoms with E-state index in [1.165, 1.54) is 11.9 Å². The number of nitrogens with one attached hydrogen (secondary N) is 2. The molecule has 1 atom stereocenters. The number of nitrogen functional groups attached to an aromatic ring is 1. The first kappa shape index (κ1) is 22.1. The summed E-state index contributed by atoms with van der Waals surface area (Å²) >= 11 is 13.6. The van der Waals surface area contributed by atoms with E-state index in [0.717, 1.165) is 36.5 Å². The highest BCUT2D eigenvalue weighted by Crippen LogP contribution is 2.32. The van der Waals surface area contributed by atoms with Crippen molar-refractivity contribution >= 4 is 52.4 Å². The SMILES string of the molecule is CC1CCN(C(=O)C(CNc2ccccc2)NSc2cc(Cl)c(N)c(Cl)c2)CC1. The maximum absolute atomic E-state index is 13.2. The fourth-order valence-electron chi connectivity index (χ4n) is 3.16. The zero-order chi connectivity index (χ0) is 20.8. The minimum Gasteiger partial charge on any atom is -0.396 e. The second-order valence-corrected chi connectivity index (χ2v) is 9.05. The summed E-state index contributed by atoms with van der Waals surface area (Å²) in [5.41, 5.74) is 7.15. The largest absolute Gasteiger partial charge is 0.396 e. The summed E-state index contributed by atoms with van der Waals surface area (Å²) in [6.07, 6.45) is 2.09. The van der Waals surface area contributed by atoms with Crippen molar-refractivity contribution in [3.05, 3.63) is 52.5 Å². The predicted molar refractivity (Wildman–Crippen MR) is 124 cm³/mol. The molecule has 2 aromatic carbocycles. The number of para-hydroxylation sites is 1. The van der Waals surface area contributed by atoms with Gasteiger partial charge in [0.15, 0.2) is 0 Å². The molecule has 8 heteroatoms. The minimum atomic E-state index is -0.399. The summed E-state index contributed by atoms with van der Waals surface area (Å²) in [6.45, 7) is 4.30. The Bertz CT molecular complexity index is 806. The Kier molecular flexibility index (Phi) is 7.95. The van der Waals surface area contributed by atoms with Gasteiger partial charge in [-0.3, -0.25) is 4.79 Å². The van der Waals surface area contributed by atoms with Crippen LogP contribution in [0.2, 0.25) is 10.0 Å². The summed E-state index contributed by atoms with van der Waals surface area (Å²) in [4.78, 5) is 15.9. The molecular formula is C21H26Cl2N4OS. The lowest BCUT2D eigenvalue weighted by Crippen LogP contribution is -2.50. The number of nitrogens with two attached hydrogens (primary N) is 1. The van der Waals surface area contributed by atoms with Crippen LogP contribution in [0.15, 0.2) is 47.4 Å². The van der Waals surface area contributed by atoms with E-state index in [4.69, 9.17) is 28.9 Å². The van der Waals surface area contributed by atoms with Gasteiger partial charge in [-0.15, -0.1) is 0 Å². The Hall–Kier alpha value is -1.60. The smallest absolute Gasteiger partial charge is 0.242 e. The molecule has 1 fully saturated rings. The van der Waals surface area contributed by atoms with Gasteiger partial charge >= 0.3 is 0 Å².